The van der Waals surface area contributed by atoms with Crippen molar-refractivity contribution in [3.63, 3.8) is 0 Å². The van der Waals surface area contributed by atoms with Gasteiger partial charge in [-0.15, -0.1) is 0 Å². The first-order valence-corrected chi connectivity index (χ1v) is 6.98. The molecule has 1 rings (SSSR count). The molecule has 0 saturated carbocycles. The average Bonchev–Trinajstić information content (AvgIpc) is 2.96. The van der Waals surface area contributed by atoms with Crippen LogP contribution in [0.25, 0.3) is 0 Å². The third-order valence-corrected chi connectivity index (χ3v) is 2.55. The van der Waals surface area contributed by atoms with E-state index in [0.29, 0.717) is 26.4 Å². The van der Waals surface area contributed by atoms with Crippen molar-refractivity contribution in [3.05, 3.63) is 24.2 Å². The van der Waals surface area contributed by atoms with E-state index in [1.807, 2.05) is 19.1 Å². The molecule has 0 atom stereocenters. The smallest absolute Gasteiger partial charge is 0.191 e. The molecular weight excluding hydrogens is 258 g/mol. The predicted octanol–water partition coefficient (Wildman–Crippen LogP) is 1.04. The fraction of sp³-hybridized carbons (Fsp3) is 0.643. The number of rotatable bonds is 10. The van der Waals surface area contributed by atoms with Gasteiger partial charge in [0.05, 0.1) is 26.0 Å². The monoisotopic (exact) mass is 283 g/mol. The summed E-state index contributed by atoms with van der Waals surface area (Å²) in [6, 6.07) is 3.86. The van der Waals surface area contributed by atoms with E-state index >= 15 is 0 Å². The van der Waals surface area contributed by atoms with Crippen molar-refractivity contribution in [2.75, 3.05) is 46.6 Å². The molecule has 0 aliphatic carbocycles. The van der Waals surface area contributed by atoms with Crippen LogP contribution in [0.1, 0.15) is 12.7 Å². The van der Waals surface area contributed by atoms with Crippen LogP contribution < -0.4 is 10.6 Å². The van der Waals surface area contributed by atoms with Gasteiger partial charge in [0.2, 0.25) is 0 Å². The Morgan fingerprint density at radius 1 is 1.30 bits per heavy atom. The molecule has 0 fully saturated rings. The Morgan fingerprint density at radius 3 is 2.85 bits per heavy atom. The van der Waals surface area contributed by atoms with E-state index in [0.717, 1.165) is 31.2 Å². The zero-order valence-electron chi connectivity index (χ0n) is 12.4. The fourth-order valence-corrected chi connectivity index (χ4v) is 1.57. The van der Waals surface area contributed by atoms with Gasteiger partial charge in [-0.3, -0.25) is 4.99 Å². The summed E-state index contributed by atoms with van der Waals surface area (Å²) in [5.41, 5.74) is 0. The van der Waals surface area contributed by atoms with Gasteiger partial charge in [-0.05, 0) is 19.1 Å². The molecular formula is C14H25N3O3. The molecule has 0 amide bonds. The van der Waals surface area contributed by atoms with E-state index in [1.165, 1.54) is 0 Å². The van der Waals surface area contributed by atoms with Gasteiger partial charge in [-0.25, -0.2) is 0 Å². The second kappa shape index (κ2) is 11.3. The maximum atomic E-state index is 5.29. The minimum absolute atomic E-state index is 0.631. The standard InChI is InChI=1S/C14H25N3O3/c1-3-19-12-9-17-14(16-8-11-18-2)15-7-6-13-5-4-10-20-13/h4-5,10H,3,6-9,11-12H2,1-2H3,(H2,15,16,17). The molecule has 2 N–H and O–H groups in total. The van der Waals surface area contributed by atoms with E-state index < -0.39 is 0 Å². The summed E-state index contributed by atoms with van der Waals surface area (Å²) in [6.07, 6.45) is 2.51. The summed E-state index contributed by atoms with van der Waals surface area (Å²) in [7, 11) is 1.68. The Kier molecular flexibility index (Phi) is 9.34. The largest absolute Gasteiger partial charge is 0.469 e. The van der Waals surface area contributed by atoms with Crippen molar-refractivity contribution in [2.45, 2.75) is 13.3 Å². The number of ether oxygens (including phenoxy) is 2. The van der Waals surface area contributed by atoms with Crippen molar-refractivity contribution >= 4 is 5.96 Å². The van der Waals surface area contributed by atoms with Crippen LogP contribution in [0.4, 0.5) is 0 Å². The van der Waals surface area contributed by atoms with Crippen molar-refractivity contribution in [1.29, 1.82) is 0 Å². The van der Waals surface area contributed by atoms with Crippen molar-refractivity contribution in [1.82, 2.24) is 10.6 Å². The second-order valence-corrected chi connectivity index (χ2v) is 4.10. The van der Waals surface area contributed by atoms with Gasteiger partial charge in [0.15, 0.2) is 5.96 Å². The molecule has 0 saturated heterocycles. The summed E-state index contributed by atoms with van der Waals surface area (Å²) < 4.78 is 15.6. The summed E-state index contributed by atoms with van der Waals surface area (Å²) in [5.74, 6) is 1.73. The highest BCUT2D eigenvalue weighted by molar-refractivity contribution is 5.79. The minimum Gasteiger partial charge on any atom is -0.469 e. The van der Waals surface area contributed by atoms with E-state index in [2.05, 4.69) is 15.6 Å². The van der Waals surface area contributed by atoms with Crippen LogP contribution in [0.15, 0.2) is 27.8 Å². The highest BCUT2D eigenvalue weighted by atomic mass is 16.5. The molecule has 1 aromatic rings. The Balaban J connectivity index is 2.28. The molecule has 0 aliphatic heterocycles. The molecule has 0 bridgehead atoms. The molecule has 6 heteroatoms. The third kappa shape index (κ3) is 7.81. The normalized spacial score (nSPS) is 11.6. The van der Waals surface area contributed by atoms with Gasteiger partial charge in [0.25, 0.3) is 0 Å². The van der Waals surface area contributed by atoms with Crippen molar-refractivity contribution < 1.29 is 13.9 Å². The molecule has 0 aliphatic rings. The number of hydrogen-bond acceptors (Lipinski definition) is 4. The van der Waals surface area contributed by atoms with Crippen LogP contribution in [-0.4, -0.2) is 52.5 Å². The maximum Gasteiger partial charge on any atom is 0.191 e. The lowest BCUT2D eigenvalue weighted by molar-refractivity contribution is 0.155. The first kappa shape index (κ1) is 16.5. The first-order valence-electron chi connectivity index (χ1n) is 6.98. The van der Waals surface area contributed by atoms with Crippen molar-refractivity contribution in [2.24, 2.45) is 4.99 Å². The molecule has 0 aromatic carbocycles. The number of methoxy groups -OCH3 is 1. The number of furan rings is 1. The highest BCUT2D eigenvalue weighted by Crippen LogP contribution is 1.99. The Bertz CT molecular complexity index is 353. The highest BCUT2D eigenvalue weighted by Gasteiger charge is 1.99. The maximum absolute atomic E-state index is 5.29. The summed E-state index contributed by atoms with van der Waals surface area (Å²) in [6.45, 7) is 6.09. The molecule has 0 unspecified atom stereocenters. The fourth-order valence-electron chi connectivity index (χ4n) is 1.57. The summed E-state index contributed by atoms with van der Waals surface area (Å²) >= 11 is 0. The van der Waals surface area contributed by atoms with E-state index in [4.69, 9.17) is 13.9 Å². The van der Waals surface area contributed by atoms with Gasteiger partial charge in [0.1, 0.15) is 5.76 Å². The van der Waals surface area contributed by atoms with E-state index in [1.54, 1.807) is 13.4 Å². The lowest BCUT2D eigenvalue weighted by Crippen LogP contribution is -2.40. The zero-order valence-corrected chi connectivity index (χ0v) is 12.4. The van der Waals surface area contributed by atoms with Crippen LogP contribution in [0.5, 0.6) is 0 Å². The van der Waals surface area contributed by atoms with Crippen molar-refractivity contribution in [3.8, 4) is 0 Å². The van der Waals surface area contributed by atoms with Crippen LogP contribution in [0.2, 0.25) is 0 Å². The Morgan fingerprint density at radius 2 is 2.15 bits per heavy atom. The number of hydrogen-bond donors (Lipinski definition) is 2. The molecule has 0 spiro atoms. The van der Waals surface area contributed by atoms with Crippen LogP contribution >= 0.6 is 0 Å². The molecule has 0 radical (unpaired) electrons. The van der Waals surface area contributed by atoms with E-state index in [-0.39, 0.29) is 0 Å². The lowest BCUT2D eigenvalue weighted by atomic mass is 10.3. The first-order chi connectivity index (χ1) is 9.86. The second-order valence-electron chi connectivity index (χ2n) is 4.10. The van der Waals surface area contributed by atoms with Gasteiger partial charge >= 0.3 is 0 Å². The van der Waals surface area contributed by atoms with E-state index in [9.17, 15) is 0 Å². The van der Waals surface area contributed by atoms with Crippen LogP contribution in [0, 0.1) is 0 Å². The molecule has 114 valence electrons. The molecule has 1 heterocycles. The lowest BCUT2D eigenvalue weighted by Gasteiger charge is -2.12. The van der Waals surface area contributed by atoms with Gasteiger partial charge in [-0.2, -0.15) is 0 Å². The average molecular weight is 283 g/mol. The third-order valence-electron chi connectivity index (χ3n) is 2.55. The Hall–Kier alpha value is -1.53. The zero-order chi connectivity index (χ0) is 14.5. The van der Waals surface area contributed by atoms with Gasteiger partial charge in [-0.1, -0.05) is 0 Å². The summed E-state index contributed by atoms with van der Waals surface area (Å²) in [5, 5.41) is 6.47. The molecule has 20 heavy (non-hydrogen) atoms. The number of aliphatic imine (C=N–C) groups is 1. The minimum atomic E-state index is 0.631. The number of guanidine groups is 1. The predicted molar refractivity (Wildman–Crippen MR) is 79.1 cm³/mol. The molecule has 1 aromatic heterocycles. The number of nitrogens with one attached hydrogen (secondary N) is 2. The van der Waals surface area contributed by atoms with Crippen LogP contribution in [-0.2, 0) is 15.9 Å². The van der Waals surface area contributed by atoms with Gasteiger partial charge < -0.3 is 24.5 Å². The number of nitrogens with zero attached hydrogens (tertiary/aromatic N) is 1. The SMILES string of the molecule is CCOCCN=C(NCCOC)NCCc1ccco1. The topological polar surface area (TPSA) is 68.0 Å². The quantitative estimate of drug-likeness (QED) is 0.381. The van der Waals surface area contributed by atoms with Gasteiger partial charge in [0, 0.05) is 33.2 Å². The Labute approximate surface area is 120 Å². The van der Waals surface area contributed by atoms with Crippen LogP contribution in [0.3, 0.4) is 0 Å². The summed E-state index contributed by atoms with van der Waals surface area (Å²) in [4.78, 5) is 4.44. The molecule has 6 nitrogen and oxygen atoms in total.